The molecule has 1 saturated heterocycles. The number of ether oxygens (including phenoxy) is 2. The third-order valence-electron chi connectivity index (χ3n) is 8.60. The van der Waals surface area contributed by atoms with Crippen molar-refractivity contribution in [2.24, 2.45) is 0 Å². The predicted molar refractivity (Wildman–Crippen MR) is 136 cm³/mol. The minimum Gasteiger partial charge on any atom is -0.375 e. The van der Waals surface area contributed by atoms with Crippen LogP contribution in [0.15, 0.2) is 48.5 Å². The van der Waals surface area contributed by atoms with Crippen LogP contribution in [-0.2, 0) is 21.7 Å². The van der Waals surface area contributed by atoms with Gasteiger partial charge in [-0.05, 0) is 31.7 Å². The number of nitrogens with zero attached hydrogens (tertiary/aromatic N) is 2. The number of rotatable bonds is 2. The molecule has 7 nitrogen and oxygen atoms in total. The smallest absolute Gasteiger partial charge is 0.252 e. The molecule has 4 atom stereocenters. The van der Waals surface area contributed by atoms with Gasteiger partial charge in [0.1, 0.15) is 12.3 Å². The summed E-state index contributed by atoms with van der Waals surface area (Å²) in [7, 11) is 3.77. The minimum atomic E-state index is -0.760. The summed E-state index contributed by atoms with van der Waals surface area (Å²) in [5, 5.41) is 11.0. The molecule has 2 bridgehead atoms. The lowest BCUT2D eigenvalue weighted by atomic mass is 9.93. The number of fused-ring (bicyclic) bond motifs is 13. The highest BCUT2D eigenvalue weighted by Crippen LogP contribution is 2.53. The van der Waals surface area contributed by atoms with E-state index in [-0.39, 0.29) is 24.3 Å². The molecular weight excluding hydrogens is 440 g/mol. The first kappa shape index (κ1) is 19.9. The summed E-state index contributed by atoms with van der Waals surface area (Å²) in [6.45, 7) is 2.68. The summed E-state index contributed by atoms with van der Waals surface area (Å²) >= 11 is 0. The van der Waals surface area contributed by atoms with Gasteiger partial charge >= 0.3 is 0 Å². The SMILES string of the molecule is CN[C@@H]1C[C@H]2O[C@](C)([C@@H]1OC)n1c3ccccc3c3c4c(c5c6ccccc6n2c5c31)C(=O)NC4. The fourth-order valence-electron chi connectivity index (χ4n) is 7.33. The summed E-state index contributed by atoms with van der Waals surface area (Å²) in [5.74, 6) is 0.00357. The maximum Gasteiger partial charge on any atom is 0.252 e. The Balaban J connectivity index is 1.72. The first-order valence-corrected chi connectivity index (χ1v) is 12.3. The van der Waals surface area contributed by atoms with Crippen molar-refractivity contribution in [3.8, 4) is 0 Å². The van der Waals surface area contributed by atoms with E-state index in [9.17, 15) is 4.79 Å². The minimum absolute atomic E-state index is 0.00357. The maximum atomic E-state index is 13.3. The number of hydrogen-bond donors (Lipinski definition) is 2. The van der Waals surface area contributed by atoms with Gasteiger partial charge in [0.05, 0.1) is 27.6 Å². The summed E-state index contributed by atoms with van der Waals surface area (Å²) in [6, 6.07) is 17.0. The van der Waals surface area contributed by atoms with Gasteiger partial charge in [0.2, 0.25) is 0 Å². The molecule has 1 fully saturated rings. The number of carbonyl (C=O) groups excluding carboxylic acids is 1. The normalized spacial score (nSPS) is 27.3. The van der Waals surface area contributed by atoms with Crippen LogP contribution in [0.4, 0.5) is 0 Å². The molecule has 176 valence electrons. The van der Waals surface area contributed by atoms with Crippen molar-refractivity contribution in [3.63, 3.8) is 0 Å². The third-order valence-corrected chi connectivity index (χ3v) is 8.60. The highest BCUT2D eigenvalue weighted by molar-refractivity contribution is 6.31. The fourth-order valence-corrected chi connectivity index (χ4v) is 7.33. The third kappa shape index (κ3) is 2.12. The Labute approximate surface area is 201 Å². The number of methoxy groups -OCH3 is 1. The second-order valence-electron chi connectivity index (χ2n) is 10.1. The zero-order valence-corrected chi connectivity index (χ0v) is 19.9. The van der Waals surface area contributed by atoms with Crippen LogP contribution in [-0.4, -0.2) is 41.3 Å². The number of nitrogens with one attached hydrogen (secondary N) is 2. The van der Waals surface area contributed by atoms with Crippen molar-refractivity contribution >= 4 is 49.5 Å². The highest BCUT2D eigenvalue weighted by atomic mass is 16.6. The molecule has 7 heteroatoms. The number of benzene rings is 3. The lowest BCUT2D eigenvalue weighted by molar-refractivity contribution is -0.256. The van der Waals surface area contributed by atoms with Gasteiger partial charge in [0.15, 0.2) is 5.72 Å². The zero-order chi connectivity index (χ0) is 23.6. The molecule has 2 N–H and O–H groups in total. The zero-order valence-electron chi connectivity index (χ0n) is 19.9. The molecule has 3 aliphatic heterocycles. The van der Waals surface area contributed by atoms with Crippen LogP contribution < -0.4 is 10.6 Å². The van der Waals surface area contributed by atoms with Crippen LogP contribution in [0.2, 0.25) is 0 Å². The van der Waals surface area contributed by atoms with Gasteiger partial charge in [-0.1, -0.05) is 36.4 Å². The van der Waals surface area contributed by atoms with Crippen molar-refractivity contribution in [3.05, 3.63) is 59.7 Å². The van der Waals surface area contributed by atoms with Gasteiger partial charge in [-0.25, -0.2) is 0 Å². The monoisotopic (exact) mass is 466 g/mol. The molecule has 0 radical (unpaired) electrons. The van der Waals surface area contributed by atoms with E-state index < -0.39 is 5.72 Å². The largest absolute Gasteiger partial charge is 0.375 e. The van der Waals surface area contributed by atoms with Crippen LogP contribution in [0.1, 0.15) is 35.5 Å². The van der Waals surface area contributed by atoms with Crippen molar-refractivity contribution in [2.75, 3.05) is 14.2 Å². The van der Waals surface area contributed by atoms with Crippen LogP contribution >= 0.6 is 0 Å². The lowest BCUT2D eigenvalue weighted by Gasteiger charge is -2.48. The van der Waals surface area contributed by atoms with Gasteiger partial charge in [-0.15, -0.1) is 0 Å². The Kier molecular flexibility index (Phi) is 3.65. The van der Waals surface area contributed by atoms with Crippen molar-refractivity contribution in [2.45, 2.75) is 44.0 Å². The maximum absolute atomic E-state index is 13.3. The number of amides is 1. The molecule has 0 spiro atoms. The summed E-state index contributed by atoms with van der Waals surface area (Å²) < 4.78 is 18.0. The Morgan fingerprint density at radius 3 is 2.51 bits per heavy atom. The molecule has 35 heavy (non-hydrogen) atoms. The molecule has 5 aromatic rings. The van der Waals surface area contributed by atoms with E-state index in [4.69, 9.17) is 9.47 Å². The molecule has 5 heterocycles. The Morgan fingerprint density at radius 2 is 1.77 bits per heavy atom. The van der Waals surface area contributed by atoms with Crippen molar-refractivity contribution < 1.29 is 14.3 Å². The Morgan fingerprint density at radius 1 is 1.06 bits per heavy atom. The molecular formula is C28H26N4O3. The molecule has 3 aliphatic rings. The van der Waals surface area contributed by atoms with E-state index in [1.807, 2.05) is 7.05 Å². The van der Waals surface area contributed by atoms with E-state index >= 15 is 0 Å². The van der Waals surface area contributed by atoms with E-state index in [0.29, 0.717) is 6.54 Å². The van der Waals surface area contributed by atoms with E-state index in [1.54, 1.807) is 7.11 Å². The Bertz CT molecular complexity index is 1750. The van der Waals surface area contributed by atoms with Gasteiger partial charge < -0.3 is 29.2 Å². The van der Waals surface area contributed by atoms with Crippen LogP contribution in [0.25, 0.3) is 43.6 Å². The molecule has 8 rings (SSSR count). The summed E-state index contributed by atoms with van der Waals surface area (Å²) in [6.07, 6.45) is 0.337. The second-order valence-corrected chi connectivity index (χ2v) is 10.1. The number of carbonyl (C=O) groups is 1. The van der Waals surface area contributed by atoms with Gasteiger partial charge in [-0.2, -0.15) is 0 Å². The van der Waals surface area contributed by atoms with Gasteiger partial charge in [0.25, 0.3) is 5.91 Å². The summed E-state index contributed by atoms with van der Waals surface area (Å²) in [4.78, 5) is 13.3. The number of para-hydroxylation sites is 2. The van der Waals surface area contributed by atoms with Gasteiger partial charge in [0, 0.05) is 47.7 Å². The quantitative estimate of drug-likeness (QED) is 0.406. The molecule has 3 aromatic carbocycles. The van der Waals surface area contributed by atoms with Crippen LogP contribution in [0, 0.1) is 0 Å². The lowest BCUT2D eigenvalue weighted by Crippen LogP contribution is -2.59. The topological polar surface area (TPSA) is 69.5 Å². The van der Waals surface area contributed by atoms with E-state index in [0.717, 1.165) is 61.2 Å². The van der Waals surface area contributed by atoms with Crippen LogP contribution in [0.5, 0.6) is 0 Å². The molecule has 1 amide bonds. The Hall–Kier alpha value is -3.39. The second kappa shape index (κ2) is 6.43. The van der Waals surface area contributed by atoms with Crippen molar-refractivity contribution in [1.29, 1.82) is 0 Å². The molecule has 0 unspecified atom stereocenters. The first-order chi connectivity index (χ1) is 17.1. The average Bonchev–Trinajstić information content (AvgIpc) is 3.51. The van der Waals surface area contributed by atoms with E-state index in [1.165, 1.54) is 0 Å². The molecule has 0 saturated carbocycles. The number of aromatic nitrogens is 2. The molecule has 2 aromatic heterocycles. The number of likely N-dealkylation sites (N-methyl/N-ethyl adjacent to an activating group) is 1. The predicted octanol–water partition coefficient (Wildman–Crippen LogP) is 4.35. The van der Waals surface area contributed by atoms with E-state index in [2.05, 4.69) is 75.2 Å². The molecule has 0 aliphatic carbocycles. The highest BCUT2D eigenvalue weighted by Gasteiger charge is 2.53. The fraction of sp³-hybridized carbons (Fsp3) is 0.321. The van der Waals surface area contributed by atoms with Crippen molar-refractivity contribution in [1.82, 2.24) is 19.8 Å². The first-order valence-electron chi connectivity index (χ1n) is 12.3. The average molecular weight is 467 g/mol. The van der Waals surface area contributed by atoms with Crippen LogP contribution in [0.3, 0.4) is 0 Å². The van der Waals surface area contributed by atoms with Gasteiger partial charge in [-0.3, -0.25) is 4.79 Å². The summed E-state index contributed by atoms with van der Waals surface area (Å²) in [5.41, 5.74) is 5.51. The number of hydrogen-bond acceptors (Lipinski definition) is 4. The standard InChI is InChI=1S/C28H26N4O3/c1-28-26(34-3)17(29-2)12-20(35-28)31-18-10-6-4-8-14(18)22-23-16(13-30-27(23)33)21-15-9-5-7-11-19(15)32(28)25(21)24(22)31/h4-11,17,20,26,29H,12-13H2,1-3H3,(H,30,33)/t17-,20-,26-,28-/m1/s1.